The average Bonchev–Trinajstić information content (AvgIpc) is 3.11. The molecule has 0 aromatic heterocycles. The van der Waals surface area contributed by atoms with Crippen molar-refractivity contribution in [2.45, 2.75) is 167 Å². The van der Waals surface area contributed by atoms with Crippen LogP contribution in [0.15, 0.2) is 11.6 Å². The first-order valence-electron chi connectivity index (χ1n) is 20.4. The predicted molar refractivity (Wildman–Crippen MR) is 194 cm³/mol. The number of rotatable bonds is 7. The van der Waals surface area contributed by atoms with E-state index in [-0.39, 0.29) is 46.0 Å². The maximum Gasteiger partial charge on any atom is 0.335 e. The summed E-state index contributed by atoms with van der Waals surface area (Å²) in [5.41, 5.74) is -0.707. The first kappa shape index (κ1) is 41.4. The van der Waals surface area contributed by atoms with E-state index in [0.29, 0.717) is 19.3 Å². The molecule has 0 radical (unpaired) electrons. The molecule has 0 aromatic rings. The highest BCUT2D eigenvalue weighted by atomic mass is 16.7. The first-order chi connectivity index (χ1) is 25.6. The van der Waals surface area contributed by atoms with Gasteiger partial charge in [0.15, 0.2) is 18.7 Å². The molecule has 312 valence electrons. The predicted octanol–water partition coefficient (Wildman–Crippen LogP) is 2.59. The first-order valence-corrected chi connectivity index (χ1v) is 20.4. The zero-order valence-corrected chi connectivity index (χ0v) is 33.1. The molecule has 0 spiro atoms. The molecule has 2 aliphatic heterocycles. The van der Waals surface area contributed by atoms with E-state index >= 15 is 0 Å². The Morgan fingerprint density at radius 3 is 2.15 bits per heavy atom. The normalized spacial score (nSPS) is 53.5. The summed E-state index contributed by atoms with van der Waals surface area (Å²) in [6.07, 6.45) is -5.88. The minimum Gasteiger partial charge on any atom is -0.481 e. The van der Waals surface area contributed by atoms with Crippen LogP contribution in [-0.4, -0.2) is 127 Å². The average molecular weight is 781 g/mol. The van der Waals surface area contributed by atoms with Crippen molar-refractivity contribution in [2.24, 2.45) is 50.2 Å². The Morgan fingerprint density at radius 1 is 0.800 bits per heavy atom. The number of ether oxygens (including phenoxy) is 4. The molecule has 0 unspecified atom stereocenters. The number of aliphatic hydroxyl groups is 6. The van der Waals surface area contributed by atoms with E-state index in [1.165, 1.54) is 5.57 Å². The largest absolute Gasteiger partial charge is 0.481 e. The number of carboxylic acids is 2. The number of fused-ring (bicyclic) bond motifs is 7. The lowest BCUT2D eigenvalue weighted by atomic mass is 9.33. The van der Waals surface area contributed by atoms with Gasteiger partial charge >= 0.3 is 11.9 Å². The third kappa shape index (κ3) is 6.09. The second-order valence-electron chi connectivity index (χ2n) is 20.1. The van der Waals surface area contributed by atoms with Crippen LogP contribution in [0.5, 0.6) is 0 Å². The maximum atomic E-state index is 13.0. The van der Waals surface area contributed by atoms with Gasteiger partial charge in [0.25, 0.3) is 0 Å². The van der Waals surface area contributed by atoms with Gasteiger partial charge in [-0.1, -0.05) is 53.2 Å². The molecule has 7 rings (SSSR count). The number of carbonyl (C=O) groups is 2. The molecule has 0 bridgehead atoms. The molecule has 0 amide bonds. The smallest absolute Gasteiger partial charge is 0.335 e. The van der Waals surface area contributed by atoms with Gasteiger partial charge in [0.2, 0.25) is 0 Å². The van der Waals surface area contributed by atoms with E-state index < -0.39 is 90.8 Å². The van der Waals surface area contributed by atoms with Gasteiger partial charge in [-0.2, -0.15) is 0 Å². The molecule has 55 heavy (non-hydrogen) atoms. The van der Waals surface area contributed by atoms with E-state index in [4.69, 9.17) is 18.9 Å². The highest BCUT2D eigenvalue weighted by Crippen LogP contribution is 2.76. The number of aliphatic hydroxyl groups excluding tert-OH is 6. The summed E-state index contributed by atoms with van der Waals surface area (Å²) in [6, 6.07) is 0. The van der Waals surface area contributed by atoms with Crippen LogP contribution >= 0.6 is 0 Å². The molecule has 2 heterocycles. The summed E-state index contributed by atoms with van der Waals surface area (Å²) in [5, 5.41) is 84.9. The van der Waals surface area contributed by atoms with E-state index in [2.05, 4.69) is 40.7 Å². The minimum absolute atomic E-state index is 0.00452. The Balaban J connectivity index is 1.15. The van der Waals surface area contributed by atoms with Crippen LogP contribution < -0.4 is 0 Å². The van der Waals surface area contributed by atoms with E-state index in [1.54, 1.807) is 0 Å². The van der Waals surface area contributed by atoms with Crippen LogP contribution in [0.3, 0.4) is 0 Å². The Hall–Kier alpha value is -1.72. The summed E-state index contributed by atoms with van der Waals surface area (Å²) in [6.45, 7) is 13.0. The standard InChI is InChI=1S/C41H64O14/c1-36(2)13-15-41(35(50)51)16-14-39(5)20(21(41)17-36)7-8-24-37(3)11-10-25(38(4,19-42)23(37)9-12-40(24,39)6)53-34-29(47)30(28(46)31(55-34)32(48)49)54-33-27(45)26(44)22(43)18-52-33/h7,21-31,33-34,42-47H,8-19H2,1-6H3,(H,48,49)(H,50,51)/t21-,22+,23+,24+,25-,26-,27+,28-,29+,30-,31-,33-,34+,37-,38-,39+,40+,41-/m0/s1. The molecular formula is C41H64O14. The summed E-state index contributed by atoms with van der Waals surface area (Å²) in [4.78, 5) is 25.3. The van der Waals surface area contributed by atoms with Crippen molar-refractivity contribution in [1.82, 2.24) is 0 Å². The number of hydrogen-bond donors (Lipinski definition) is 8. The molecule has 18 atom stereocenters. The Labute approximate surface area is 323 Å². The summed E-state index contributed by atoms with van der Waals surface area (Å²) >= 11 is 0. The van der Waals surface area contributed by atoms with Crippen molar-refractivity contribution in [2.75, 3.05) is 13.2 Å². The highest BCUT2D eigenvalue weighted by molar-refractivity contribution is 5.76. The van der Waals surface area contributed by atoms with Crippen molar-refractivity contribution in [3.05, 3.63) is 11.6 Å². The third-order valence-corrected chi connectivity index (χ3v) is 17.0. The lowest BCUT2D eigenvalue weighted by molar-refractivity contribution is -0.358. The van der Waals surface area contributed by atoms with Crippen molar-refractivity contribution >= 4 is 11.9 Å². The zero-order chi connectivity index (χ0) is 40.3. The van der Waals surface area contributed by atoms with E-state index in [0.717, 1.165) is 44.9 Å². The number of aliphatic carboxylic acids is 2. The van der Waals surface area contributed by atoms with Crippen LogP contribution in [-0.2, 0) is 28.5 Å². The zero-order valence-electron chi connectivity index (χ0n) is 33.1. The molecule has 5 aliphatic carbocycles. The van der Waals surface area contributed by atoms with Crippen molar-refractivity contribution < 1.29 is 69.4 Å². The van der Waals surface area contributed by atoms with Crippen LogP contribution in [0.4, 0.5) is 0 Å². The third-order valence-electron chi connectivity index (χ3n) is 17.0. The Kier molecular flexibility index (Phi) is 10.5. The summed E-state index contributed by atoms with van der Waals surface area (Å²) in [7, 11) is 0. The second kappa shape index (κ2) is 13.9. The van der Waals surface area contributed by atoms with Crippen molar-refractivity contribution in [3.63, 3.8) is 0 Å². The number of hydrogen-bond acceptors (Lipinski definition) is 12. The molecule has 14 nitrogen and oxygen atoms in total. The lowest BCUT2D eigenvalue weighted by Gasteiger charge is -2.71. The number of carboxylic acid groups (broad SMARTS) is 2. The van der Waals surface area contributed by atoms with Gasteiger partial charge in [-0.15, -0.1) is 0 Å². The lowest BCUT2D eigenvalue weighted by Crippen LogP contribution is -2.67. The van der Waals surface area contributed by atoms with Gasteiger partial charge in [0.05, 0.1) is 24.7 Å². The SMILES string of the molecule is CC1(C)CC[C@]2(C(=O)O)CC[C@]3(C)C(=CC[C@@H]4[C@@]5(C)CC[C@H](O[C@@H]6O[C@H](C(=O)O)[C@@H](O)[C@H](O[C@@H]7OC[C@@H](O)[C@H](O)[C@H]7O)[C@H]6O)[C@@](C)(CO)[C@@H]5CC[C@]43C)[C@@H]2C1. The monoisotopic (exact) mass is 780 g/mol. The fourth-order valence-corrected chi connectivity index (χ4v) is 13.4. The Morgan fingerprint density at radius 2 is 1.49 bits per heavy atom. The van der Waals surface area contributed by atoms with Gasteiger partial charge in [-0.25, -0.2) is 4.79 Å². The van der Waals surface area contributed by atoms with Gasteiger partial charge in [-0.3, -0.25) is 4.79 Å². The van der Waals surface area contributed by atoms with Crippen molar-refractivity contribution in [3.8, 4) is 0 Å². The molecule has 0 aromatic carbocycles. The fourth-order valence-electron chi connectivity index (χ4n) is 13.4. The molecule has 2 saturated heterocycles. The molecule has 7 aliphatic rings. The van der Waals surface area contributed by atoms with Crippen molar-refractivity contribution in [1.29, 1.82) is 0 Å². The molecule has 14 heteroatoms. The van der Waals surface area contributed by atoms with Gasteiger partial charge < -0.3 is 59.8 Å². The fraction of sp³-hybridized carbons (Fsp3) is 0.902. The maximum absolute atomic E-state index is 13.0. The second-order valence-corrected chi connectivity index (χ2v) is 20.1. The van der Waals surface area contributed by atoms with Crippen LogP contribution in [0.2, 0.25) is 0 Å². The molecular weight excluding hydrogens is 716 g/mol. The van der Waals surface area contributed by atoms with E-state index in [1.807, 2.05) is 6.92 Å². The van der Waals surface area contributed by atoms with Gasteiger partial charge in [0.1, 0.15) is 36.6 Å². The summed E-state index contributed by atoms with van der Waals surface area (Å²) < 4.78 is 23.2. The number of allylic oxidation sites excluding steroid dienone is 2. The molecule has 6 fully saturated rings. The minimum atomic E-state index is -1.91. The highest BCUT2D eigenvalue weighted by Gasteiger charge is 2.70. The quantitative estimate of drug-likeness (QED) is 0.137. The molecule has 4 saturated carbocycles. The van der Waals surface area contributed by atoms with Gasteiger partial charge in [0, 0.05) is 5.41 Å². The van der Waals surface area contributed by atoms with Crippen LogP contribution in [0.25, 0.3) is 0 Å². The topological polar surface area (TPSA) is 233 Å². The Bertz CT molecular complexity index is 1540. The van der Waals surface area contributed by atoms with Crippen LogP contribution in [0, 0.1) is 50.2 Å². The van der Waals surface area contributed by atoms with Gasteiger partial charge in [-0.05, 0) is 104 Å². The molecule has 8 N–H and O–H groups in total. The van der Waals surface area contributed by atoms with Crippen LogP contribution in [0.1, 0.15) is 106 Å². The summed E-state index contributed by atoms with van der Waals surface area (Å²) in [5.74, 6) is -1.99. The van der Waals surface area contributed by atoms with E-state index in [9.17, 15) is 50.4 Å².